The largest absolute Gasteiger partial charge is 0.508 e. The first kappa shape index (κ1) is 11.6. The molecule has 0 fully saturated rings. The number of para-hydroxylation sites is 1. The number of hydrogen-bond donors (Lipinski definition) is 2. The average Bonchev–Trinajstić information content (AvgIpc) is 2.70. The van der Waals surface area contributed by atoms with Gasteiger partial charge in [-0.1, -0.05) is 25.1 Å². The number of nitrogens with one attached hydrogen (secondary N) is 1. The predicted octanol–water partition coefficient (Wildman–Crippen LogP) is 2.69. The number of halogens is 1. The van der Waals surface area contributed by atoms with Crippen molar-refractivity contribution < 1.29 is 5.11 Å². The van der Waals surface area contributed by atoms with Crippen LogP contribution >= 0.6 is 12.4 Å². The van der Waals surface area contributed by atoms with Gasteiger partial charge < -0.3 is 10.1 Å². The molecule has 4 heteroatoms. The molecule has 2 rings (SSSR count). The van der Waals surface area contributed by atoms with Crippen LogP contribution in [0, 0.1) is 0 Å². The van der Waals surface area contributed by atoms with Gasteiger partial charge in [0, 0.05) is 23.4 Å². The third kappa shape index (κ3) is 2.30. The Hall–Kier alpha value is -1.48. The third-order valence-electron chi connectivity index (χ3n) is 2.39. The molecular weight excluding hydrogens is 212 g/mol. The van der Waals surface area contributed by atoms with Crippen LogP contribution in [0.25, 0.3) is 0 Å². The number of hydrogen-bond acceptors (Lipinski definition) is 2. The number of aromatic nitrogens is 2. The van der Waals surface area contributed by atoms with E-state index in [1.165, 1.54) is 0 Å². The van der Waals surface area contributed by atoms with Crippen molar-refractivity contribution in [1.82, 2.24) is 9.97 Å². The lowest BCUT2D eigenvalue weighted by Gasteiger charge is -2.10. The molecule has 1 unspecified atom stereocenters. The molecule has 0 saturated heterocycles. The van der Waals surface area contributed by atoms with Crippen LogP contribution in [0.15, 0.2) is 36.8 Å². The highest BCUT2D eigenvalue weighted by molar-refractivity contribution is 5.85. The Balaban J connectivity index is 0.00000112. The zero-order valence-corrected chi connectivity index (χ0v) is 9.16. The van der Waals surface area contributed by atoms with Gasteiger partial charge >= 0.3 is 0 Å². The van der Waals surface area contributed by atoms with Gasteiger partial charge in [-0.2, -0.15) is 0 Å². The van der Waals surface area contributed by atoms with E-state index in [0.717, 1.165) is 11.3 Å². The van der Waals surface area contributed by atoms with E-state index < -0.39 is 0 Å². The fourth-order valence-corrected chi connectivity index (χ4v) is 1.52. The minimum Gasteiger partial charge on any atom is -0.508 e. The summed E-state index contributed by atoms with van der Waals surface area (Å²) in [7, 11) is 0. The van der Waals surface area contributed by atoms with Crippen LogP contribution in [-0.4, -0.2) is 15.1 Å². The number of nitrogens with zero attached hydrogens (tertiary/aromatic N) is 1. The average molecular weight is 225 g/mol. The molecule has 1 heterocycles. The van der Waals surface area contributed by atoms with Crippen LogP contribution in [0.1, 0.15) is 24.1 Å². The van der Waals surface area contributed by atoms with Gasteiger partial charge in [0.15, 0.2) is 0 Å². The van der Waals surface area contributed by atoms with Crippen molar-refractivity contribution in [3.05, 3.63) is 48.0 Å². The van der Waals surface area contributed by atoms with E-state index in [4.69, 9.17) is 0 Å². The van der Waals surface area contributed by atoms with Gasteiger partial charge in [0.05, 0.1) is 6.33 Å². The van der Waals surface area contributed by atoms with Crippen LogP contribution in [0.4, 0.5) is 0 Å². The van der Waals surface area contributed by atoms with E-state index in [0.29, 0.717) is 5.75 Å². The topological polar surface area (TPSA) is 48.9 Å². The molecule has 1 atom stereocenters. The molecule has 15 heavy (non-hydrogen) atoms. The lowest BCUT2D eigenvalue weighted by molar-refractivity contribution is 0.466. The Morgan fingerprint density at radius 1 is 1.33 bits per heavy atom. The standard InChI is InChI=1S/C11H12N2O.ClH/c1-8(10-6-12-7-13-10)9-4-2-3-5-11(9)14;/h2-8,14H,1H3,(H,12,13);1H. The summed E-state index contributed by atoms with van der Waals surface area (Å²) in [5.74, 6) is 0.466. The zero-order chi connectivity index (χ0) is 9.97. The van der Waals surface area contributed by atoms with Gasteiger partial charge in [-0.3, -0.25) is 0 Å². The number of benzene rings is 1. The first-order valence-corrected chi connectivity index (χ1v) is 4.55. The monoisotopic (exact) mass is 224 g/mol. The van der Waals surface area contributed by atoms with E-state index >= 15 is 0 Å². The van der Waals surface area contributed by atoms with Crippen LogP contribution in [0.5, 0.6) is 5.75 Å². The number of H-pyrrole nitrogens is 1. The van der Waals surface area contributed by atoms with E-state index in [1.54, 1.807) is 18.6 Å². The number of rotatable bonds is 2. The fraction of sp³-hybridized carbons (Fsp3) is 0.182. The van der Waals surface area contributed by atoms with Crippen molar-refractivity contribution in [2.24, 2.45) is 0 Å². The molecule has 0 bridgehead atoms. The third-order valence-corrected chi connectivity index (χ3v) is 2.39. The molecule has 0 amide bonds. The molecule has 2 aromatic rings. The van der Waals surface area contributed by atoms with Crippen LogP contribution in [0.3, 0.4) is 0 Å². The minimum atomic E-state index is 0. The van der Waals surface area contributed by atoms with Crippen LogP contribution in [0.2, 0.25) is 0 Å². The maximum atomic E-state index is 9.65. The van der Waals surface area contributed by atoms with Gasteiger partial charge in [-0.05, 0) is 6.07 Å². The van der Waals surface area contributed by atoms with Gasteiger partial charge in [0.1, 0.15) is 5.75 Å². The summed E-state index contributed by atoms with van der Waals surface area (Å²) < 4.78 is 0. The van der Waals surface area contributed by atoms with E-state index in [9.17, 15) is 5.11 Å². The number of aromatic hydroxyl groups is 1. The maximum absolute atomic E-state index is 9.65. The lowest BCUT2D eigenvalue weighted by atomic mass is 9.97. The van der Waals surface area contributed by atoms with Crippen molar-refractivity contribution in [2.45, 2.75) is 12.8 Å². The SMILES string of the molecule is CC(c1cnc[nH]1)c1ccccc1O.Cl. The number of aromatic amines is 1. The van der Waals surface area contributed by atoms with E-state index in [1.807, 2.05) is 25.1 Å². The zero-order valence-electron chi connectivity index (χ0n) is 8.34. The normalized spacial score (nSPS) is 11.8. The summed E-state index contributed by atoms with van der Waals surface area (Å²) in [4.78, 5) is 7.00. The molecule has 0 radical (unpaired) electrons. The molecule has 3 nitrogen and oxygen atoms in total. The Labute approximate surface area is 94.6 Å². The molecule has 0 spiro atoms. The minimum absolute atomic E-state index is 0. The Kier molecular flexibility index (Phi) is 3.74. The Morgan fingerprint density at radius 3 is 2.67 bits per heavy atom. The van der Waals surface area contributed by atoms with Crippen LogP contribution in [-0.2, 0) is 0 Å². The number of phenols is 1. The van der Waals surface area contributed by atoms with Crippen molar-refractivity contribution in [1.29, 1.82) is 0 Å². The quantitative estimate of drug-likeness (QED) is 0.824. The summed E-state index contributed by atoms with van der Waals surface area (Å²) in [5.41, 5.74) is 1.92. The van der Waals surface area contributed by atoms with Gasteiger partial charge in [0.2, 0.25) is 0 Å². The Morgan fingerprint density at radius 2 is 2.07 bits per heavy atom. The molecule has 80 valence electrons. The summed E-state index contributed by atoms with van der Waals surface area (Å²) >= 11 is 0. The second-order valence-corrected chi connectivity index (χ2v) is 3.29. The number of phenolic OH excluding ortho intramolecular Hbond substituents is 1. The fourth-order valence-electron chi connectivity index (χ4n) is 1.52. The molecule has 0 aliphatic heterocycles. The molecule has 0 aliphatic carbocycles. The first-order chi connectivity index (χ1) is 6.79. The number of imidazole rings is 1. The van der Waals surface area contributed by atoms with Crippen molar-refractivity contribution in [2.75, 3.05) is 0 Å². The van der Waals surface area contributed by atoms with Crippen LogP contribution < -0.4 is 0 Å². The highest BCUT2D eigenvalue weighted by Crippen LogP contribution is 2.28. The summed E-state index contributed by atoms with van der Waals surface area (Å²) in [6.07, 6.45) is 3.42. The highest BCUT2D eigenvalue weighted by Gasteiger charge is 2.12. The van der Waals surface area contributed by atoms with Crippen molar-refractivity contribution >= 4 is 12.4 Å². The van der Waals surface area contributed by atoms with Gasteiger partial charge in [0.25, 0.3) is 0 Å². The second-order valence-electron chi connectivity index (χ2n) is 3.29. The summed E-state index contributed by atoms with van der Waals surface area (Å²) in [5, 5.41) is 9.65. The molecule has 1 aromatic heterocycles. The first-order valence-electron chi connectivity index (χ1n) is 4.55. The summed E-state index contributed by atoms with van der Waals surface area (Å²) in [6.45, 7) is 2.03. The molecular formula is C11H13ClN2O. The molecule has 1 aromatic carbocycles. The van der Waals surface area contributed by atoms with Crippen molar-refractivity contribution in [3.63, 3.8) is 0 Å². The predicted molar refractivity (Wildman–Crippen MR) is 61.5 cm³/mol. The molecule has 0 aliphatic rings. The van der Waals surface area contributed by atoms with Gasteiger partial charge in [-0.25, -0.2) is 4.98 Å². The summed E-state index contributed by atoms with van der Waals surface area (Å²) in [6, 6.07) is 7.35. The van der Waals surface area contributed by atoms with E-state index in [2.05, 4.69) is 9.97 Å². The molecule has 2 N–H and O–H groups in total. The van der Waals surface area contributed by atoms with Crippen molar-refractivity contribution in [3.8, 4) is 5.75 Å². The lowest BCUT2D eigenvalue weighted by Crippen LogP contribution is -1.96. The smallest absolute Gasteiger partial charge is 0.119 e. The maximum Gasteiger partial charge on any atom is 0.119 e. The van der Waals surface area contributed by atoms with Gasteiger partial charge in [-0.15, -0.1) is 12.4 Å². The molecule has 0 saturated carbocycles. The highest BCUT2D eigenvalue weighted by atomic mass is 35.5. The second kappa shape index (κ2) is 4.84. The van der Waals surface area contributed by atoms with E-state index in [-0.39, 0.29) is 18.3 Å². The Bertz CT molecular complexity index is 414.